The van der Waals surface area contributed by atoms with Crippen LogP contribution in [-0.4, -0.2) is 49.1 Å². The van der Waals surface area contributed by atoms with Gasteiger partial charge in [-0.15, -0.1) is 0 Å². The molecular weight excluding hydrogens is 392 g/mol. The number of hydrogen-bond acceptors (Lipinski definition) is 4. The molecule has 164 valence electrons. The van der Waals surface area contributed by atoms with Gasteiger partial charge in [0.1, 0.15) is 12.7 Å². The third-order valence-electron chi connectivity index (χ3n) is 5.36. The summed E-state index contributed by atoms with van der Waals surface area (Å²) in [5, 5.41) is 6.63. The van der Waals surface area contributed by atoms with Gasteiger partial charge in [-0.05, 0) is 36.6 Å². The summed E-state index contributed by atoms with van der Waals surface area (Å²) in [4.78, 5) is 18.5. The van der Waals surface area contributed by atoms with E-state index in [0.29, 0.717) is 32.7 Å². The zero-order chi connectivity index (χ0) is 21.5. The van der Waals surface area contributed by atoms with E-state index in [4.69, 9.17) is 14.5 Å². The van der Waals surface area contributed by atoms with Crippen molar-refractivity contribution in [1.82, 2.24) is 15.5 Å². The number of para-hydroxylation sites is 2. The molecule has 1 unspecified atom stereocenters. The fourth-order valence-corrected chi connectivity index (χ4v) is 3.80. The Morgan fingerprint density at radius 1 is 1.13 bits per heavy atom. The Hall–Kier alpha value is -3.22. The Labute approximate surface area is 183 Å². The first-order valence-corrected chi connectivity index (χ1v) is 11.0. The van der Waals surface area contributed by atoms with Crippen LogP contribution in [0.15, 0.2) is 53.5 Å². The van der Waals surface area contributed by atoms with E-state index in [0.717, 1.165) is 48.1 Å². The van der Waals surface area contributed by atoms with Gasteiger partial charge in [0.25, 0.3) is 0 Å². The molecule has 2 heterocycles. The fourth-order valence-electron chi connectivity index (χ4n) is 3.80. The van der Waals surface area contributed by atoms with Gasteiger partial charge in [0, 0.05) is 26.1 Å². The van der Waals surface area contributed by atoms with Crippen molar-refractivity contribution in [2.24, 2.45) is 4.99 Å². The molecule has 2 aliphatic rings. The van der Waals surface area contributed by atoms with E-state index in [1.54, 1.807) is 0 Å². The number of rotatable bonds is 7. The highest BCUT2D eigenvalue weighted by atomic mass is 16.6. The number of nitrogens with zero attached hydrogens (tertiary/aromatic N) is 2. The van der Waals surface area contributed by atoms with E-state index in [1.165, 1.54) is 0 Å². The number of hydrogen-bond donors (Lipinski definition) is 2. The van der Waals surface area contributed by atoms with Crippen LogP contribution in [0.25, 0.3) is 0 Å². The standard InChI is InChI=1S/C24H30N4O3/c1-2-25-24(27-15-20-17-30-21-9-3-4-10-22(21)31-20)26-14-18-7-5-8-19(13-18)16-28-12-6-11-23(28)29/h3-5,7-10,13,20H,2,6,11-12,14-17H2,1H3,(H2,25,26,27). The molecular formula is C24H30N4O3. The van der Waals surface area contributed by atoms with Crippen molar-refractivity contribution in [3.63, 3.8) is 0 Å². The number of likely N-dealkylation sites (tertiary alicyclic amines) is 1. The number of nitrogens with one attached hydrogen (secondary N) is 2. The predicted octanol–water partition coefficient (Wildman–Crippen LogP) is 2.70. The summed E-state index contributed by atoms with van der Waals surface area (Å²) in [5.41, 5.74) is 2.26. The second-order valence-corrected chi connectivity index (χ2v) is 7.81. The third kappa shape index (κ3) is 5.69. The highest BCUT2D eigenvalue weighted by Crippen LogP contribution is 2.30. The van der Waals surface area contributed by atoms with Crippen LogP contribution >= 0.6 is 0 Å². The summed E-state index contributed by atoms with van der Waals surface area (Å²) in [6, 6.07) is 16.0. The fraction of sp³-hybridized carbons (Fsp3) is 0.417. The summed E-state index contributed by atoms with van der Waals surface area (Å²) in [6.45, 7) is 6.00. The van der Waals surface area contributed by atoms with Crippen LogP contribution in [0.5, 0.6) is 11.5 Å². The van der Waals surface area contributed by atoms with Crippen molar-refractivity contribution >= 4 is 11.9 Å². The number of carbonyl (C=O) groups excluding carboxylic acids is 1. The number of ether oxygens (including phenoxy) is 2. The summed E-state index contributed by atoms with van der Waals surface area (Å²) in [6.07, 6.45) is 1.55. The Balaban J connectivity index is 1.32. The minimum atomic E-state index is -0.0833. The molecule has 31 heavy (non-hydrogen) atoms. The lowest BCUT2D eigenvalue weighted by molar-refractivity contribution is -0.128. The highest BCUT2D eigenvalue weighted by Gasteiger charge is 2.21. The number of guanidine groups is 1. The van der Waals surface area contributed by atoms with Gasteiger partial charge in [-0.25, -0.2) is 4.99 Å². The maximum absolute atomic E-state index is 11.9. The van der Waals surface area contributed by atoms with Gasteiger partial charge in [0.15, 0.2) is 17.5 Å². The average molecular weight is 423 g/mol. The summed E-state index contributed by atoms with van der Waals surface area (Å²) in [5.74, 6) is 2.55. The molecule has 1 atom stereocenters. The molecule has 2 aromatic carbocycles. The Kier molecular flexibility index (Phi) is 6.92. The lowest BCUT2D eigenvalue weighted by atomic mass is 10.1. The molecule has 1 saturated heterocycles. The Bertz CT molecular complexity index is 931. The first-order chi connectivity index (χ1) is 15.2. The summed E-state index contributed by atoms with van der Waals surface area (Å²) >= 11 is 0. The molecule has 0 spiro atoms. The maximum atomic E-state index is 11.9. The van der Waals surface area contributed by atoms with Crippen molar-refractivity contribution < 1.29 is 14.3 Å². The second-order valence-electron chi connectivity index (χ2n) is 7.81. The zero-order valence-corrected chi connectivity index (χ0v) is 18.0. The van der Waals surface area contributed by atoms with Gasteiger partial charge < -0.3 is 25.0 Å². The molecule has 1 fully saturated rings. The number of aliphatic imine (C=N–C) groups is 1. The SMILES string of the molecule is CCNC(=NCc1cccc(CN2CCCC2=O)c1)NCC1COc2ccccc2O1. The van der Waals surface area contributed by atoms with Crippen LogP contribution < -0.4 is 20.1 Å². The molecule has 7 heteroatoms. The first kappa shape index (κ1) is 21.0. The molecule has 4 rings (SSSR count). The first-order valence-electron chi connectivity index (χ1n) is 11.0. The van der Waals surface area contributed by atoms with E-state index in [-0.39, 0.29) is 12.0 Å². The molecule has 7 nitrogen and oxygen atoms in total. The van der Waals surface area contributed by atoms with E-state index in [2.05, 4.69) is 28.8 Å². The van der Waals surface area contributed by atoms with Gasteiger partial charge >= 0.3 is 0 Å². The van der Waals surface area contributed by atoms with Crippen molar-refractivity contribution in [3.8, 4) is 11.5 Å². The molecule has 0 radical (unpaired) electrons. The smallest absolute Gasteiger partial charge is 0.222 e. The molecule has 0 bridgehead atoms. The summed E-state index contributed by atoms with van der Waals surface area (Å²) < 4.78 is 11.8. The predicted molar refractivity (Wildman–Crippen MR) is 120 cm³/mol. The minimum Gasteiger partial charge on any atom is -0.486 e. The van der Waals surface area contributed by atoms with Crippen molar-refractivity contribution in [1.29, 1.82) is 0 Å². The van der Waals surface area contributed by atoms with E-state index >= 15 is 0 Å². The van der Waals surface area contributed by atoms with Crippen LogP contribution in [0, 0.1) is 0 Å². The number of benzene rings is 2. The van der Waals surface area contributed by atoms with E-state index in [1.807, 2.05) is 42.2 Å². The lowest BCUT2D eigenvalue weighted by Crippen LogP contribution is -2.45. The van der Waals surface area contributed by atoms with Crippen molar-refractivity contribution in [2.75, 3.05) is 26.2 Å². The molecule has 0 saturated carbocycles. The normalized spacial score (nSPS) is 18.2. The van der Waals surface area contributed by atoms with E-state index < -0.39 is 0 Å². The molecule has 2 N–H and O–H groups in total. The van der Waals surface area contributed by atoms with Crippen molar-refractivity contribution in [3.05, 3.63) is 59.7 Å². The Morgan fingerprint density at radius 2 is 1.97 bits per heavy atom. The Morgan fingerprint density at radius 3 is 2.77 bits per heavy atom. The monoisotopic (exact) mass is 422 g/mol. The van der Waals surface area contributed by atoms with Gasteiger partial charge in [-0.2, -0.15) is 0 Å². The van der Waals surface area contributed by atoms with Crippen LogP contribution in [0.3, 0.4) is 0 Å². The quantitative estimate of drug-likeness (QED) is 0.530. The van der Waals surface area contributed by atoms with Gasteiger partial charge in [0.05, 0.1) is 13.1 Å². The maximum Gasteiger partial charge on any atom is 0.222 e. The van der Waals surface area contributed by atoms with Crippen LogP contribution in [0.2, 0.25) is 0 Å². The van der Waals surface area contributed by atoms with E-state index in [9.17, 15) is 4.79 Å². The minimum absolute atomic E-state index is 0.0833. The number of carbonyl (C=O) groups is 1. The van der Waals surface area contributed by atoms with Crippen LogP contribution in [-0.2, 0) is 17.9 Å². The van der Waals surface area contributed by atoms with Crippen molar-refractivity contribution in [2.45, 2.75) is 39.0 Å². The van der Waals surface area contributed by atoms with Crippen LogP contribution in [0.1, 0.15) is 30.9 Å². The number of fused-ring (bicyclic) bond motifs is 1. The van der Waals surface area contributed by atoms with Gasteiger partial charge in [0.2, 0.25) is 5.91 Å². The van der Waals surface area contributed by atoms with Gasteiger partial charge in [-0.3, -0.25) is 4.79 Å². The molecule has 1 amide bonds. The molecule has 0 aliphatic carbocycles. The third-order valence-corrected chi connectivity index (χ3v) is 5.36. The molecule has 2 aliphatic heterocycles. The summed E-state index contributed by atoms with van der Waals surface area (Å²) in [7, 11) is 0. The highest BCUT2D eigenvalue weighted by molar-refractivity contribution is 5.79. The molecule has 0 aromatic heterocycles. The average Bonchev–Trinajstić information content (AvgIpc) is 3.20. The second kappa shape index (κ2) is 10.2. The lowest BCUT2D eigenvalue weighted by Gasteiger charge is -2.27. The topological polar surface area (TPSA) is 75.2 Å². The van der Waals surface area contributed by atoms with Crippen LogP contribution in [0.4, 0.5) is 0 Å². The zero-order valence-electron chi connectivity index (χ0n) is 18.0. The largest absolute Gasteiger partial charge is 0.486 e. The van der Waals surface area contributed by atoms with Gasteiger partial charge in [-0.1, -0.05) is 36.4 Å². The number of amides is 1. The molecule has 2 aromatic rings.